The molecule has 2 rings (SSSR count). The van der Waals surface area contributed by atoms with Crippen molar-refractivity contribution in [3.05, 3.63) is 47.0 Å². The minimum absolute atomic E-state index is 0.401. The van der Waals surface area contributed by atoms with E-state index >= 15 is 0 Å². The SMILES string of the molecule is CC1=C(CCCCc2ccccc2)C(=O)CCC1. The largest absolute Gasteiger partial charge is 0.295 e. The summed E-state index contributed by atoms with van der Waals surface area (Å²) in [6, 6.07) is 10.6. The summed E-state index contributed by atoms with van der Waals surface area (Å²) in [6.07, 6.45) is 7.36. The molecule has 0 fully saturated rings. The zero-order valence-corrected chi connectivity index (χ0v) is 11.2. The molecule has 0 heterocycles. The van der Waals surface area contributed by atoms with Gasteiger partial charge in [0, 0.05) is 6.42 Å². The van der Waals surface area contributed by atoms with E-state index in [1.807, 2.05) is 0 Å². The van der Waals surface area contributed by atoms with Gasteiger partial charge in [-0.1, -0.05) is 35.9 Å². The van der Waals surface area contributed by atoms with Crippen LogP contribution in [-0.2, 0) is 11.2 Å². The van der Waals surface area contributed by atoms with Gasteiger partial charge < -0.3 is 0 Å². The summed E-state index contributed by atoms with van der Waals surface area (Å²) in [4.78, 5) is 11.8. The van der Waals surface area contributed by atoms with Crippen molar-refractivity contribution in [2.75, 3.05) is 0 Å². The molecular formula is C17H22O. The number of rotatable bonds is 5. The number of benzene rings is 1. The van der Waals surface area contributed by atoms with Crippen LogP contribution in [0.1, 0.15) is 51.0 Å². The first-order valence-electron chi connectivity index (χ1n) is 7.03. The van der Waals surface area contributed by atoms with Gasteiger partial charge in [0.1, 0.15) is 0 Å². The van der Waals surface area contributed by atoms with Crippen molar-refractivity contribution in [2.45, 2.75) is 51.9 Å². The number of hydrogen-bond acceptors (Lipinski definition) is 1. The Hall–Kier alpha value is -1.37. The van der Waals surface area contributed by atoms with Gasteiger partial charge in [-0.3, -0.25) is 4.79 Å². The number of aryl methyl sites for hydroxylation is 1. The first-order chi connectivity index (χ1) is 8.77. The van der Waals surface area contributed by atoms with Gasteiger partial charge in [-0.25, -0.2) is 0 Å². The topological polar surface area (TPSA) is 17.1 Å². The average molecular weight is 242 g/mol. The zero-order valence-electron chi connectivity index (χ0n) is 11.2. The third-order valence-corrected chi connectivity index (χ3v) is 3.79. The van der Waals surface area contributed by atoms with E-state index in [0.717, 1.165) is 44.1 Å². The van der Waals surface area contributed by atoms with Crippen LogP contribution in [-0.4, -0.2) is 5.78 Å². The lowest BCUT2D eigenvalue weighted by Gasteiger charge is -2.16. The molecule has 96 valence electrons. The molecule has 0 saturated carbocycles. The maximum absolute atomic E-state index is 11.8. The molecule has 0 unspecified atom stereocenters. The molecule has 1 aliphatic carbocycles. The van der Waals surface area contributed by atoms with Crippen molar-refractivity contribution in [1.82, 2.24) is 0 Å². The third kappa shape index (κ3) is 3.56. The average Bonchev–Trinajstić information content (AvgIpc) is 2.38. The van der Waals surface area contributed by atoms with E-state index in [9.17, 15) is 4.79 Å². The molecule has 1 aliphatic rings. The maximum atomic E-state index is 11.8. The summed E-state index contributed by atoms with van der Waals surface area (Å²) in [7, 11) is 0. The summed E-state index contributed by atoms with van der Waals surface area (Å²) in [6.45, 7) is 2.13. The maximum Gasteiger partial charge on any atom is 0.158 e. The highest BCUT2D eigenvalue weighted by molar-refractivity contribution is 5.96. The Balaban J connectivity index is 1.77. The van der Waals surface area contributed by atoms with Crippen molar-refractivity contribution >= 4 is 5.78 Å². The van der Waals surface area contributed by atoms with Crippen LogP contribution in [0.4, 0.5) is 0 Å². The first-order valence-corrected chi connectivity index (χ1v) is 7.03. The van der Waals surface area contributed by atoms with Crippen LogP contribution < -0.4 is 0 Å². The molecule has 1 heteroatoms. The number of carbonyl (C=O) groups excluding carboxylic acids is 1. The standard InChI is InChI=1S/C17H22O/c1-14-8-7-13-17(18)16(14)12-6-5-11-15-9-3-2-4-10-15/h2-4,9-10H,5-8,11-13H2,1H3. The predicted molar refractivity (Wildman–Crippen MR) is 75.6 cm³/mol. The normalized spacial score (nSPS) is 16.2. The second-order valence-electron chi connectivity index (χ2n) is 5.23. The minimum Gasteiger partial charge on any atom is -0.295 e. The van der Waals surface area contributed by atoms with Crippen LogP contribution in [0.5, 0.6) is 0 Å². The highest BCUT2D eigenvalue weighted by Gasteiger charge is 2.16. The van der Waals surface area contributed by atoms with E-state index in [2.05, 4.69) is 37.3 Å². The molecule has 0 bridgehead atoms. The van der Waals surface area contributed by atoms with E-state index in [1.165, 1.54) is 17.6 Å². The predicted octanol–water partition coefficient (Wildman–Crippen LogP) is 4.47. The molecule has 0 spiro atoms. The van der Waals surface area contributed by atoms with Crippen LogP contribution in [0.15, 0.2) is 41.5 Å². The number of ketones is 1. The van der Waals surface area contributed by atoms with Crippen LogP contribution in [0.3, 0.4) is 0 Å². The Bertz CT molecular complexity index is 428. The molecule has 1 aromatic carbocycles. The van der Waals surface area contributed by atoms with E-state index in [1.54, 1.807) is 0 Å². The Kier molecular flexibility index (Phi) is 4.74. The molecule has 1 nitrogen and oxygen atoms in total. The van der Waals surface area contributed by atoms with Gasteiger partial charge >= 0.3 is 0 Å². The fourth-order valence-electron chi connectivity index (χ4n) is 2.68. The lowest BCUT2D eigenvalue weighted by molar-refractivity contribution is -0.116. The Morgan fingerprint density at radius 3 is 2.44 bits per heavy atom. The van der Waals surface area contributed by atoms with Gasteiger partial charge in [0.15, 0.2) is 5.78 Å². The minimum atomic E-state index is 0.401. The smallest absolute Gasteiger partial charge is 0.158 e. The molecule has 0 amide bonds. The molecule has 0 aliphatic heterocycles. The van der Waals surface area contributed by atoms with Gasteiger partial charge in [-0.15, -0.1) is 0 Å². The van der Waals surface area contributed by atoms with E-state index < -0.39 is 0 Å². The summed E-state index contributed by atoms with van der Waals surface area (Å²) < 4.78 is 0. The summed E-state index contributed by atoms with van der Waals surface area (Å²) in [5, 5.41) is 0. The number of hydrogen-bond donors (Lipinski definition) is 0. The van der Waals surface area contributed by atoms with Crippen LogP contribution in [0.2, 0.25) is 0 Å². The van der Waals surface area contributed by atoms with Gasteiger partial charge in [0.25, 0.3) is 0 Å². The molecule has 18 heavy (non-hydrogen) atoms. The lowest BCUT2D eigenvalue weighted by Crippen LogP contribution is -2.10. The van der Waals surface area contributed by atoms with Crippen LogP contribution in [0.25, 0.3) is 0 Å². The molecule has 0 aromatic heterocycles. The summed E-state index contributed by atoms with van der Waals surface area (Å²) in [5.74, 6) is 0.401. The van der Waals surface area contributed by atoms with E-state index in [-0.39, 0.29) is 0 Å². The van der Waals surface area contributed by atoms with Crippen molar-refractivity contribution < 1.29 is 4.79 Å². The highest BCUT2D eigenvalue weighted by Crippen LogP contribution is 2.25. The fraction of sp³-hybridized carbons (Fsp3) is 0.471. The summed E-state index contributed by atoms with van der Waals surface area (Å²) in [5.41, 5.74) is 3.87. The second-order valence-corrected chi connectivity index (χ2v) is 5.23. The number of allylic oxidation sites excluding steroid dienone is 2. The van der Waals surface area contributed by atoms with Crippen molar-refractivity contribution in [2.24, 2.45) is 0 Å². The molecule has 1 aromatic rings. The summed E-state index contributed by atoms with van der Waals surface area (Å²) >= 11 is 0. The third-order valence-electron chi connectivity index (χ3n) is 3.79. The quantitative estimate of drug-likeness (QED) is 0.696. The Morgan fingerprint density at radius 1 is 1.00 bits per heavy atom. The number of carbonyl (C=O) groups is 1. The zero-order chi connectivity index (χ0) is 12.8. The van der Waals surface area contributed by atoms with Crippen LogP contribution in [0, 0.1) is 0 Å². The first kappa shape index (κ1) is 13.1. The Labute approximate surface area is 110 Å². The van der Waals surface area contributed by atoms with Crippen LogP contribution >= 0.6 is 0 Å². The molecule has 0 N–H and O–H groups in total. The van der Waals surface area contributed by atoms with Crippen molar-refractivity contribution in [3.8, 4) is 0 Å². The monoisotopic (exact) mass is 242 g/mol. The molecular weight excluding hydrogens is 220 g/mol. The second kappa shape index (κ2) is 6.53. The van der Waals surface area contributed by atoms with Gasteiger partial charge in [-0.05, 0) is 56.6 Å². The highest BCUT2D eigenvalue weighted by atomic mass is 16.1. The molecule has 0 radical (unpaired) electrons. The van der Waals surface area contributed by atoms with Crippen molar-refractivity contribution in [3.63, 3.8) is 0 Å². The van der Waals surface area contributed by atoms with Crippen molar-refractivity contribution in [1.29, 1.82) is 0 Å². The van der Waals surface area contributed by atoms with E-state index in [4.69, 9.17) is 0 Å². The van der Waals surface area contributed by atoms with Gasteiger partial charge in [0.05, 0.1) is 0 Å². The number of Topliss-reactive ketones (excluding diaryl/α,β-unsaturated/α-hetero) is 1. The fourth-order valence-corrected chi connectivity index (χ4v) is 2.68. The lowest BCUT2D eigenvalue weighted by atomic mass is 9.88. The number of unbranched alkanes of at least 4 members (excludes halogenated alkanes) is 1. The molecule has 0 atom stereocenters. The van der Waals surface area contributed by atoms with Gasteiger partial charge in [0.2, 0.25) is 0 Å². The Morgan fingerprint density at radius 2 is 1.72 bits per heavy atom. The van der Waals surface area contributed by atoms with E-state index in [0.29, 0.717) is 5.78 Å². The molecule has 0 saturated heterocycles. The van der Waals surface area contributed by atoms with Gasteiger partial charge in [-0.2, -0.15) is 0 Å².